The van der Waals surface area contributed by atoms with Gasteiger partial charge < -0.3 is 4.98 Å². The average molecular weight is 472 g/mol. The van der Waals surface area contributed by atoms with Crippen molar-refractivity contribution in [3.63, 3.8) is 0 Å². The zero-order valence-electron chi connectivity index (χ0n) is 15.2. The summed E-state index contributed by atoms with van der Waals surface area (Å²) in [6.07, 6.45) is 1.72. The standard InChI is InChI=1S/C17H11FN4S.CHF3O3S/c18-12-8-6-11(7-9-12)15-20-14-10-19-17(22-16(14)21-15)23-13-4-2-1-3-5-13;2-1(3,4)8(5,6)7/h1-10H,(H,19,20,21,22);(H,5,6,7). The number of H-pyrrole nitrogens is 1. The molecule has 0 aliphatic rings. The first-order valence-electron chi connectivity index (χ1n) is 8.28. The van der Waals surface area contributed by atoms with Crippen LogP contribution < -0.4 is 0 Å². The first kappa shape index (κ1) is 22.7. The molecule has 31 heavy (non-hydrogen) atoms. The van der Waals surface area contributed by atoms with Crippen LogP contribution in [0.15, 0.2) is 70.8 Å². The van der Waals surface area contributed by atoms with Gasteiger partial charge in [0.2, 0.25) is 0 Å². The number of hydrogen-bond acceptors (Lipinski definition) is 6. The molecule has 0 radical (unpaired) electrons. The number of alkyl halides is 3. The third kappa shape index (κ3) is 5.99. The third-order valence-electron chi connectivity index (χ3n) is 3.58. The molecule has 0 aliphatic heterocycles. The van der Waals surface area contributed by atoms with Gasteiger partial charge in [-0.05, 0) is 48.2 Å². The van der Waals surface area contributed by atoms with Crippen molar-refractivity contribution in [2.75, 3.05) is 0 Å². The number of imidazole rings is 1. The highest BCUT2D eigenvalue weighted by Gasteiger charge is 2.44. The van der Waals surface area contributed by atoms with Crippen molar-refractivity contribution in [1.29, 1.82) is 0 Å². The largest absolute Gasteiger partial charge is 0.522 e. The molecule has 0 spiro atoms. The lowest BCUT2D eigenvalue weighted by Gasteiger charge is -1.98. The van der Waals surface area contributed by atoms with E-state index >= 15 is 0 Å². The molecule has 13 heteroatoms. The first-order valence-corrected chi connectivity index (χ1v) is 10.5. The number of nitrogens with zero attached hydrogens (tertiary/aromatic N) is 3. The van der Waals surface area contributed by atoms with Crippen molar-refractivity contribution in [2.45, 2.75) is 15.6 Å². The second-order valence-corrected chi connectivity index (χ2v) is 8.27. The van der Waals surface area contributed by atoms with Gasteiger partial charge in [0.1, 0.15) is 17.2 Å². The van der Waals surface area contributed by atoms with E-state index in [1.165, 1.54) is 23.9 Å². The molecule has 2 heterocycles. The zero-order chi connectivity index (χ0) is 22.6. The van der Waals surface area contributed by atoms with Gasteiger partial charge in [0.25, 0.3) is 0 Å². The van der Waals surface area contributed by atoms with Crippen LogP contribution in [0.1, 0.15) is 0 Å². The van der Waals surface area contributed by atoms with Gasteiger partial charge in [-0.3, -0.25) is 4.55 Å². The topological polar surface area (TPSA) is 109 Å². The molecular weight excluding hydrogens is 460 g/mol. The van der Waals surface area contributed by atoms with Gasteiger partial charge in [-0.25, -0.2) is 19.3 Å². The van der Waals surface area contributed by atoms with Crippen LogP contribution in [0.4, 0.5) is 17.6 Å². The van der Waals surface area contributed by atoms with E-state index in [-0.39, 0.29) is 5.82 Å². The van der Waals surface area contributed by atoms with Gasteiger partial charge >= 0.3 is 15.6 Å². The predicted octanol–water partition coefficient (Wildman–Crippen LogP) is 4.70. The molecule has 2 aromatic carbocycles. The quantitative estimate of drug-likeness (QED) is 0.192. The summed E-state index contributed by atoms with van der Waals surface area (Å²) >= 11 is 1.48. The van der Waals surface area contributed by atoms with Gasteiger partial charge in [0.05, 0.1) is 6.20 Å². The van der Waals surface area contributed by atoms with Crippen LogP contribution in [0.3, 0.4) is 0 Å². The summed E-state index contributed by atoms with van der Waals surface area (Å²) in [6.45, 7) is 0. The second-order valence-electron chi connectivity index (χ2n) is 5.82. The van der Waals surface area contributed by atoms with Crippen molar-refractivity contribution >= 4 is 33.0 Å². The fourth-order valence-electron chi connectivity index (χ4n) is 2.18. The summed E-state index contributed by atoms with van der Waals surface area (Å²) in [6, 6.07) is 16.1. The van der Waals surface area contributed by atoms with E-state index in [1.54, 1.807) is 18.3 Å². The molecule has 4 rings (SSSR count). The summed E-state index contributed by atoms with van der Waals surface area (Å²) in [7, 11) is -5.84. The Morgan fingerprint density at radius 3 is 2.16 bits per heavy atom. The molecule has 0 saturated carbocycles. The number of aromatic nitrogens is 4. The summed E-state index contributed by atoms with van der Waals surface area (Å²) in [5.41, 5.74) is -3.38. The molecule has 162 valence electrons. The zero-order valence-corrected chi connectivity index (χ0v) is 16.8. The highest BCUT2D eigenvalue weighted by atomic mass is 32.2. The Kier molecular flexibility index (Phi) is 6.57. The van der Waals surface area contributed by atoms with Gasteiger partial charge in [-0.1, -0.05) is 18.2 Å². The van der Waals surface area contributed by atoms with Crippen LogP contribution in [0.25, 0.3) is 22.6 Å². The molecule has 2 N–H and O–H groups in total. The maximum Gasteiger partial charge on any atom is 0.522 e. The minimum absolute atomic E-state index is 0.272. The molecule has 2 aromatic heterocycles. The van der Waals surface area contributed by atoms with Crippen LogP contribution in [0.5, 0.6) is 0 Å². The Balaban J connectivity index is 0.000000293. The smallest absolute Gasteiger partial charge is 0.335 e. The number of halogens is 4. The number of benzene rings is 2. The van der Waals surface area contributed by atoms with Crippen LogP contribution in [0.2, 0.25) is 0 Å². The molecule has 0 aliphatic carbocycles. The van der Waals surface area contributed by atoms with Gasteiger partial charge in [0.15, 0.2) is 10.8 Å². The predicted molar refractivity (Wildman–Crippen MR) is 105 cm³/mol. The van der Waals surface area contributed by atoms with Crippen LogP contribution in [-0.2, 0) is 10.1 Å². The molecule has 7 nitrogen and oxygen atoms in total. The molecule has 0 amide bonds. The van der Waals surface area contributed by atoms with E-state index in [2.05, 4.69) is 19.9 Å². The number of aromatic amines is 1. The monoisotopic (exact) mass is 472 g/mol. The lowest BCUT2D eigenvalue weighted by molar-refractivity contribution is -0.0510. The number of hydrogen-bond donors (Lipinski definition) is 2. The van der Waals surface area contributed by atoms with E-state index in [1.807, 2.05) is 30.3 Å². The van der Waals surface area contributed by atoms with Crippen molar-refractivity contribution in [3.8, 4) is 11.4 Å². The highest BCUT2D eigenvalue weighted by Crippen LogP contribution is 2.26. The SMILES string of the molecule is Fc1ccc(-c2nc3nc(Sc4ccccc4)ncc3[nH]2)cc1.O=S(=O)(O)C(F)(F)F. The summed E-state index contributed by atoms with van der Waals surface area (Å²) in [5.74, 6) is 0.377. The van der Waals surface area contributed by atoms with Crippen LogP contribution in [-0.4, -0.2) is 38.4 Å². The summed E-state index contributed by atoms with van der Waals surface area (Å²) < 4.78 is 70.6. The van der Waals surface area contributed by atoms with E-state index in [9.17, 15) is 17.6 Å². The van der Waals surface area contributed by atoms with Crippen molar-refractivity contribution in [2.24, 2.45) is 0 Å². The van der Waals surface area contributed by atoms with E-state index in [0.717, 1.165) is 16.0 Å². The third-order valence-corrected chi connectivity index (χ3v) is 5.05. The minimum Gasteiger partial charge on any atom is -0.335 e. The molecule has 0 bridgehead atoms. The fourth-order valence-corrected chi connectivity index (χ4v) is 2.92. The van der Waals surface area contributed by atoms with Gasteiger partial charge in [-0.2, -0.15) is 21.6 Å². The maximum atomic E-state index is 13.0. The second kappa shape index (κ2) is 8.99. The van der Waals surface area contributed by atoms with E-state index in [0.29, 0.717) is 16.6 Å². The lowest BCUT2D eigenvalue weighted by atomic mass is 10.2. The van der Waals surface area contributed by atoms with E-state index < -0.39 is 15.6 Å². The Labute approximate surface area is 177 Å². The normalized spacial score (nSPS) is 11.8. The lowest BCUT2D eigenvalue weighted by Crippen LogP contribution is -2.21. The van der Waals surface area contributed by atoms with Crippen molar-refractivity contribution < 1.29 is 30.5 Å². The number of rotatable bonds is 3. The molecule has 0 atom stereocenters. The van der Waals surface area contributed by atoms with Crippen LogP contribution in [0, 0.1) is 5.82 Å². The van der Waals surface area contributed by atoms with Gasteiger partial charge in [0, 0.05) is 10.5 Å². The Morgan fingerprint density at radius 2 is 1.58 bits per heavy atom. The number of fused-ring (bicyclic) bond motifs is 1. The first-order chi connectivity index (χ1) is 14.5. The molecular formula is C18H12F4N4O3S2. The Hall–Kier alpha value is -3.03. The van der Waals surface area contributed by atoms with Gasteiger partial charge in [-0.15, -0.1) is 0 Å². The van der Waals surface area contributed by atoms with Crippen LogP contribution >= 0.6 is 11.8 Å². The molecule has 0 fully saturated rings. The Bertz CT molecular complexity index is 1280. The summed E-state index contributed by atoms with van der Waals surface area (Å²) in [4.78, 5) is 17.5. The summed E-state index contributed by atoms with van der Waals surface area (Å²) in [5, 5.41) is 0.640. The number of nitrogens with one attached hydrogen (secondary N) is 1. The van der Waals surface area contributed by atoms with Crippen molar-refractivity contribution in [1.82, 2.24) is 19.9 Å². The average Bonchev–Trinajstić information content (AvgIpc) is 3.12. The fraction of sp³-hybridized carbons (Fsp3) is 0.0556. The maximum absolute atomic E-state index is 13.0. The van der Waals surface area contributed by atoms with Crippen molar-refractivity contribution in [3.05, 3.63) is 66.6 Å². The highest BCUT2D eigenvalue weighted by molar-refractivity contribution is 7.99. The molecule has 0 unspecified atom stereocenters. The molecule has 0 saturated heterocycles. The minimum atomic E-state index is -5.84. The Morgan fingerprint density at radius 1 is 0.968 bits per heavy atom. The molecule has 4 aromatic rings. The van der Waals surface area contributed by atoms with E-state index in [4.69, 9.17) is 13.0 Å².